The third-order valence-corrected chi connectivity index (χ3v) is 6.62. The number of hydrogen-bond acceptors (Lipinski definition) is 8. The van der Waals surface area contributed by atoms with E-state index in [1.807, 2.05) is 22.8 Å². The Hall–Kier alpha value is -2.76. The minimum atomic E-state index is -0.278. The van der Waals surface area contributed by atoms with Gasteiger partial charge in [0.15, 0.2) is 11.0 Å². The lowest BCUT2D eigenvalue weighted by Crippen LogP contribution is -2.38. The van der Waals surface area contributed by atoms with E-state index in [0.29, 0.717) is 22.5 Å². The van der Waals surface area contributed by atoms with Crippen molar-refractivity contribution in [1.29, 1.82) is 0 Å². The quantitative estimate of drug-likeness (QED) is 0.454. The first-order valence-electron chi connectivity index (χ1n) is 9.59. The molecule has 0 unspecified atom stereocenters. The number of thioether (sulfide) groups is 2. The van der Waals surface area contributed by atoms with E-state index in [-0.39, 0.29) is 41.6 Å². The van der Waals surface area contributed by atoms with Crippen LogP contribution in [0.15, 0.2) is 52.2 Å². The van der Waals surface area contributed by atoms with Gasteiger partial charge in [0.05, 0.1) is 24.3 Å². The minimum absolute atomic E-state index is 0.105. The van der Waals surface area contributed by atoms with Crippen LogP contribution in [0.25, 0.3) is 11.4 Å². The number of nitrogens with one attached hydrogen (secondary N) is 1. The summed E-state index contributed by atoms with van der Waals surface area (Å²) in [5.41, 5.74) is 0.836. The number of benzene rings is 1. The van der Waals surface area contributed by atoms with Gasteiger partial charge in [0.1, 0.15) is 5.76 Å². The summed E-state index contributed by atoms with van der Waals surface area (Å²) in [6.07, 6.45) is 1.59. The summed E-state index contributed by atoms with van der Waals surface area (Å²) in [5, 5.41) is 12.2. The van der Waals surface area contributed by atoms with Crippen LogP contribution in [-0.2, 0) is 16.1 Å². The summed E-state index contributed by atoms with van der Waals surface area (Å²) in [5.74, 6) is 1.15. The lowest BCUT2D eigenvalue weighted by atomic mass is 10.2. The predicted octanol–water partition coefficient (Wildman–Crippen LogP) is 3.14. The summed E-state index contributed by atoms with van der Waals surface area (Å²) < 4.78 is 7.34. The monoisotopic (exact) mass is 491 g/mol. The fraction of sp³-hybridized carbons (Fsp3) is 0.250. The van der Waals surface area contributed by atoms with Gasteiger partial charge in [-0.1, -0.05) is 35.1 Å². The topological polar surface area (TPSA) is 110 Å². The first kappa shape index (κ1) is 22.4. The molecule has 1 saturated heterocycles. The van der Waals surface area contributed by atoms with Gasteiger partial charge >= 0.3 is 0 Å². The first-order valence-corrected chi connectivity index (χ1v) is 11.9. The van der Waals surface area contributed by atoms with Crippen LogP contribution in [0.1, 0.15) is 5.76 Å². The van der Waals surface area contributed by atoms with Crippen molar-refractivity contribution in [2.24, 2.45) is 0 Å². The molecule has 1 aliphatic rings. The number of aromatic nitrogens is 3. The summed E-state index contributed by atoms with van der Waals surface area (Å²) in [7, 11) is 0. The Morgan fingerprint density at radius 3 is 2.72 bits per heavy atom. The van der Waals surface area contributed by atoms with Crippen molar-refractivity contribution in [2.75, 3.05) is 24.6 Å². The SMILES string of the molecule is O=C(CSc1nnc(-c2ccc(Cl)cc2)n1Cc1ccco1)NCCN1C(=O)CSC1=O. The highest BCUT2D eigenvalue weighted by Gasteiger charge is 2.29. The van der Waals surface area contributed by atoms with Crippen LogP contribution in [0.2, 0.25) is 5.02 Å². The molecule has 0 bridgehead atoms. The highest BCUT2D eigenvalue weighted by Crippen LogP contribution is 2.26. The van der Waals surface area contributed by atoms with Crippen LogP contribution in [0.5, 0.6) is 0 Å². The Kier molecular flexibility index (Phi) is 7.18. The number of furan rings is 1. The summed E-state index contributed by atoms with van der Waals surface area (Å²) >= 11 is 8.20. The van der Waals surface area contributed by atoms with E-state index >= 15 is 0 Å². The molecule has 166 valence electrons. The molecule has 3 amide bonds. The van der Waals surface area contributed by atoms with Gasteiger partial charge in [-0.25, -0.2) is 0 Å². The van der Waals surface area contributed by atoms with Crippen molar-refractivity contribution >= 4 is 52.2 Å². The minimum Gasteiger partial charge on any atom is -0.467 e. The van der Waals surface area contributed by atoms with Crippen molar-refractivity contribution in [3.05, 3.63) is 53.4 Å². The van der Waals surface area contributed by atoms with Crippen LogP contribution in [0.4, 0.5) is 4.79 Å². The van der Waals surface area contributed by atoms with Crippen LogP contribution in [0.3, 0.4) is 0 Å². The molecule has 0 aliphatic carbocycles. The van der Waals surface area contributed by atoms with Crippen molar-refractivity contribution in [1.82, 2.24) is 25.0 Å². The lowest BCUT2D eigenvalue weighted by Gasteiger charge is -2.13. The molecular weight excluding hydrogens is 474 g/mol. The second-order valence-electron chi connectivity index (χ2n) is 6.72. The Morgan fingerprint density at radius 1 is 1.22 bits per heavy atom. The Morgan fingerprint density at radius 2 is 2.03 bits per heavy atom. The zero-order valence-corrected chi connectivity index (χ0v) is 19.1. The molecule has 1 aromatic carbocycles. The second kappa shape index (κ2) is 10.2. The van der Waals surface area contributed by atoms with Crippen LogP contribution in [0, 0.1) is 0 Å². The summed E-state index contributed by atoms with van der Waals surface area (Å²) in [6, 6.07) is 10.9. The Balaban J connectivity index is 1.40. The summed E-state index contributed by atoms with van der Waals surface area (Å²) in [4.78, 5) is 36.6. The van der Waals surface area contributed by atoms with Crippen molar-refractivity contribution in [3.63, 3.8) is 0 Å². The van der Waals surface area contributed by atoms with Crippen molar-refractivity contribution in [2.45, 2.75) is 11.7 Å². The maximum absolute atomic E-state index is 12.3. The fourth-order valence-corrected chi connectivity index (χ4v) is 4.64. The molecule has 0 spiro atoms. The van der Waals surface area contributed by atoms with E-state index in [2.05, 4.69) is 15.5 Å². The number of imide groups is 1. The average molecular weight is 492 g/mol. The normalized spacial score (nSPS) is 13.7. The number of nitrogens with zero attached hydrogens (tertiary/aromatic N) is 4. The van der Waals surface area contributed by atoms with Gasteiger partial charge in [-0.05, 0) is 36.4 Å². The highest BCUT2D eigenvalue weighted by molar-refractivity contribution is 8.14. The van der Waals surface area contributed by atoms with E-state index in [9.17, 15) is 14.4 Å². The van der Waals surface area contributed by atoms with E-state index < -0.39 is 0 Å². The first-order chi connectivity index (χ1) is 15.5. The molecule has 0 atom stereocenters. The van der Waals surface area contributed by atoms with Gasteiger partial charge in [0, 0.05) is 23.7 Å². The smallest absolute Gasteiger partial charge is 0.288 e. The van der Waals surface area contributed by atoms with E-state index in [1.54, 1.807) is 24.5 Å². The maximum atomic E-state index is 12.3. The molecule has 0 saturated carbocycles. The number of carbonyl (C=O) groups excluding carboxylic acids is 3. The fourth-order valence-electron chi connectivity index (χ4n) is 2.99. The van der Waals surface area contributed by atoms with Gasteiger partial charge in [0.2, 0.25) is 11.8 Å². The molecule has 1 N–H and O–H groups in total. The standard InChI is InChI=1S/C20H18ClN5O4S2/c21-14-5-3-13(4-6-14)18-23-24-19(26(18)10-15-2-1-9-30-15)31-11-16(27)22-7-8-25-17(28)12-32-20(25)29/h1-6,9H,7-8,10-12H2,(H,22,27). The number of carbonyl (C=O) groups is 3. The van der Waals surface area contributed by atoms with E-state index in [1.165, 1.54) is 11.8 Å². The largest absolute Gasteiger partial charge is 0.467 e. The van der Waals surface area contributed by atoms with Gasteiger partial charge in [0.25, 0.3) is 5.24 Å². The van der Waals surface area contributed by atoms with Crippen molar-refractivity contribution in [3.8, 4) is 11.4 Å². The van der Waals surface area contributed by atoms with Gasteiger partial charge in [-0.3, -0.25) is 23.9 Å². The van der Waals surface area contributed by atoms with Crippen LogP contribution < -0.4 is 5.32 Å². The molecule has 0 radical (unpaired) electrons. The molecule has 4 rings (SSSR count). The Bertz CT molecular complexity index is 1100. The van der Waals surface area contributed by atoms with E-state index in [4.69, 9.17) is 16.0 Å². The molecule has 9 nitrogen and oxygen atoms in total. The van der Waals surface area contributed by atoms with Crippen molar-refractivity contribution < 1.29 is 18.8 Å². The maximum Gasteiger partial charge on any atom is 0.288 e. The zero-order valence-electron chi connectivity index (χ0n) is 16.7. The molecular formula is C20H18ClN5O4S2. The highest BCUT2D eigenvalue weighted by atomic mass is 35.5. The molecule has 1 aliphatic heterocycles. The number of halogens is 1. The molecule has 12 heteroatoms. The molecule has 1 fully saturated rings. The summed E-state index contributed by atoms with van der Waals surface area (Å²) in [6.45, 7) is 0.766. The number of hydrogen-bond donors (Lipinski definition) is 1. The molecule has 2 aromatic heterocycles. The number of amides is 3. The third-order valence-electron chi connectivity index (χ3n) is 4.54. The average Bonchev–Trinajstić information content (AvgIpc) is 3.51. The predicted molar refractivity (Wildman–Crippen MR) is 122 cm³/mol. The number of rotatable bonds is 9. The molecule has 3 heterocycles. The van der Waals surface area contributed by atoms with E-state index in [0.717, 1.165) is 28.0 Å². The third kappa shape index (κ3) is 5.34. The van der Waals surface area contributed by atoms with Crippen LogP contribution in [-0.4, -0.2) is 61.3 Å². The zero-order chi connectivity index (χ0) is 22.5. The van der Waals surface area contributed by atoms with Crippen LogP contribution >= 0.6 is 35.1 Å². The van der Waals surface area contributed by atoms with Gasteiger partial charge in [-0.15, -0.1) is 10.2 Å². The molecule has 3 aromatic rings. The Labute approximate surface area is 196 Å². The van der Waals surface area contributed by atoms with Gasteiger partial charge in [-0.2, -0.15) is 0 Å². The second-order valence-corrected chi connectivity index (χ2v) is 9.02. The molecule has 32 heavy (non-hydrogen) atoms. The van der Waals surface area contributed by atoms with Gasteiger partial charge < -0.3 is 9.73 Å². The lowest BCUT2D eigenvalue weighted by molar-refractivity contribution is -0.125.